The smallest absolute Gasteiger partial charge is 0.224 e. The van der Waals surface area contributed by atoms with Crippen LogP contribution >= 0.6 is 0 Å². The van der Waals surface area contributed by atoms with Gasteiger partial charge in [-0.2, -0.15) is 0 Å². The lowest BCUT2D eigenvalue weighted by molar-refractivity contribution is -0.116. The van der Waals surface area contributed by atoms with Crippen molar-refractivity contribution >= 4 is 22.7 Å². The van der Waals surface area contributed by atoms with Crippen molar-refractivity contribution in [2.45, 2.75) is 19.8 Å². The number of aromatic nitrogens is 2. The van der Waals surface area contributed by atoms with Gasteiger partial charge in [0.15, 0.2) is 23.1 Å². The van der Waals surface area contributed by atoms with Crippen LogP contribution in [0.15, 0.2) is 57.5 Å². The standard InChI is InChI=1S/C20H16FN3O3/c1-12-23-16-10-15(6-7-17(16)26-12)24-19(25)8-9-20-22-11-18(27-20)13-2-4-14(21)5-3-13/h2-7,10-11H,8-9H2,1H3,(H,24,25). The van der Waals surface area contributed by atoms with Gasteiger partial charge < -0.3 is 14.2 Å². The molecule has 0 aliphatic carbocycles. The first kappa shape index (κ1) is 17.0. The highest BCUT2D eigenvalue weighted by Gasteiger charge is 2.10. The van der Waals surface area contributed by atoms with Crippen LogP contribution in [0, 0.1) is 12.7 Å². The number of benzene rings is 2. The van der Waals surface area contributed by atoms with E-state index in [1.165, 1.54) is 12.1 Å². The minimum absolute atomic E-state index is 0.156. The normalized spacial score (nSPS) is 11.0. The van der Waals surface area contributed by atoms with Crippen LogP contribution in [-0.2, 0) is 11.2 Å². The van der Waals surface area contributed by atoms with Gasteiger partial charge in [0.05, 0.1) is 6.20 Å². The number of rotatable bonds is 5. The van der Waals surface area contributed by atoms with Crippen LogP contribution in [0.25, 0.3) is 22.4 Å². The van der Waals surface area contributed by atoms with Crippen molar-refractivity contribution in [2.75, 3.05) is 5.32 Å². The molecule has 1 N–H and O–H groups in total. The number of aryl methyl sites for hydroxylation is 2. The Morgan fingerprint density at radius 3 is 2.78 bits per heavy atom. The Balaban J connectivity index is 1.36. The number of oxazole rings is 2. The Bertz CT molecular complexity index is 1100. The molecule has 4 aromatic rings. The molecule has 0 atom stereocenters. The highest BCUT2D eigenvalue weighted by Crippen LogP contribution is 2.22. The molecule has 2 aromatic heterocycles. The lowest BCUT2D eigenvalue weighted by atomic mass is 10.2. The molecular formula is C20H16FN3O3. The average molecular weight is 365 g/mol. The number of carbonyl (C=O) groups excluding carboxylic acids is 1. The molecule has 4 rings (SSSR count). The summed E-state index contributed by atoms with van der Waals surface area (Å²) in [5, 5.41) is 2.83. The largest absolute Gasteiger partial charge is 0.441 e. The van der Waals surface area contributed by atoms with Crippen molar-refractivity contribution in [3.8, 4) is 11.3 Å². The Morgan fingerprint density at radius 2 is 1.96 bits per heavy atom. The Morgan fingerprint density at radius 1 is 1.15 bits per heavy atom. The quantitative estimate of drug-likeness (QED) is 0.563. The molecule has 0 saturated carbocycles. The summed E-state index contributed by atoms with van der Waals surface area (Å²) < 4.78 is 24.0. The highest BCUT2D eigenvalue weighted by molar-refractivity contribution is 5.92. The molecule has 0 aliphatic rings. The molecule has 0 saturated heterocycles. The maximum atomic E-state index is 13.0. The first-order chi connectivity index (χ1) is 13.1. The Labute approximate surface area is 154 Å². The van der Waals surface area contributed by atoms with Crippen LogP contribution < -0.4 is 5.32 Å². The third-order valence-electron chi connectivity index (χ3n) is 4.03. The molecule has 2 aromatic carbocycles. The molecule has 0 spiro atoms. The van der Waals surface area contributed by atoms with E-state index in [0.29, 0.717) is 40.7 Å². The van der Waals surface area contributed by atoms with E-state index in [4.69, 9.17) is 8.83 Å². The van der Waals surface area contributed by atoms with Crippen molar-refractivity contribution < 1.29 is 18.0 Å². The Kier molecular flexibility index (Phi) is 4.42. The van der Waals surface area contributed by atoms with Gasteiger partial charge in [0.2, 0.25) is 5.91 Å². The summed E-state index contributed by atoms with van der Waals surface area (Å²) in [6, 6.07) is 11.3. The van der Waals surface area contributed by atoms with Gasteiger partial charge in [0.1, 0.15) is 11.3 Å². The maximum absolute atomic E-state index is 13.0. The Hall–Kier alpha value is -3.48. The molecular weight excluding hydrogens is 349 g/mol. The number of fused-ring (bicyclic) bond motifs is 1. The van der Waals surface area contributed by atoms with Crippen molar-refractivity contribution in [1.82, 2.24) is 9.97 Å². The molecule has 0 aliphatic heterocycles. The van der Waals surface area contributed by atoms with Crippen molar-refractivity contribution in [3.05, 3.63) is 66.3 Å². The highest BCUT2D eigenvalue weighted by atomic mass is 19.1. The second kappa shape index (κ2) is 7.03. The number of anilines is 1. The summed E-state index contributed by atoms with van der Waals surface area (Å²) in [5.74, 6) is 1.10. The average Bonchev–Trinajstić information content (AvgIpc) is 3.26. The molecule has 0 fully saturated rings. The molecule has 0 radical (unpaired) electrons. The predicted octanol–water partition coefficient (Wildman–Crippen LogP) is 4.50. The van der Waals surface area contributed by atoms with Gasteiger partial charge in [0.25, 0.3) is 0 Å². The predicted molar refractivity (Wildman–Crippen MR) is 97.6 cm³/mol. The number of halogens is 1. The lowest BCUT2D eigenvalue weighted by Crippen LogP contribution is -2.12. The third kappa shape index (κ3) is 3.87. The van der Waals surface area contributed by atoms with Crippen molar-refractivity contribution in [2.24, 2.45) is 0 Å². The van der Waals surface area contributed by atoms with Crippen LogP contribution in [0.3, 0.4) is 0 Å². The van der Waals surface area contributed by atoms with Gasteiger partial charge in [-0.25, -0.2) is 14.4 Å². The molecule has 0 unspecified atom stereocenters. The molecule has 27 heavy (non-hydrogen) atoms. The van der Waals surface area contributed by atoms with Gasteiger partial charge in [-0.1, -0.05) is 0 Å². The van der Waals surface area contributed by atoms with Gasteiger partial charge in [-0.3, -0.25) is 4.79 Å². The number of amides is 1. The summed E-state index contributed by atoms with van der Waals surface area (Å²) in [7, 11) is 0. The van der Waals surface area contributed by atoms with Crippen LogP contribution in [-0.4, -0.2) is 15.9 Å². The minimum Gasteiger partial charge on any atom is -0.441 e. The summed E-state index contributed by atoms with van der Waals surface area (Å²) in [6.07, 6.45) is 2.15. The van der Waals surface area contributed by atoms with E-state index in [0.717, 1.165) is 5.56 Å². The van der Waals surface area contributed by atoms with Crippen LogP contribution in [0.5, 0.6) is 0 Å². The second-order valence-corrected chi connectivity index (χ2v) is 6.09. The van der Waals surface area contributed by atoms with E-state index in [-0.39, 0.29) is 18.1 Å². The van der Waals surface area contributed by atoms with E-state index in [9.17, 15) is 9.18 Å². The van der Waals surface area contributed by atoms with E-state index in [1.54, 1.807) is 43.5 Å². The van der Waals surface area contributed by atoms with Crippen molar-refractivity contribution in [1.29, 1.82) is 0 Å². The zero-order chi connectivity index (χ0) is 18.8. The molecule has 0 bridgehead atoms. The topological polar surface area (TPSA) is 81.2 Å². The molecule has 2 heterocycles. The SMILES string of the molecule is Cc1nc2cc(NC(=O)CCc3ncc(-c4ccc(F)cc4)o3)ccc2o1. The van der Waals surface area contributed by atoms with Gasteiger partial charge in [0, 0.05) is 31.0 Å². The second-order valence-electron chi connectivity index (χ2n) is 6.09. The molecule has 1 amide bonds. The summed E-state index contributed by atoms with van der Waals surface area (Å²) in [6.45, 7) is 1.77. The fourth-order valence-electron chi connectivity index (χ4n) is 2.74. The summed E-state index contributed by atoms with van der Waals surface area (Å²) >= 11 is 0. The van der Waals surface area contributed by atoms with E-state index in [2.05, 4.69) is 15.3 Å². The van der Waals surface area contributed by atoms with Gasteiger partial charge in [-0.15, -0.1) is 0 Å². The van der Waals surface area contributed by atoms with Crippen LogP contribution in [0.4, 0.5) is 10.1 Å². The van der Waals surface area contributed by atoms with E-state index >= 15 is 0 Å². The third-order valence-corrected chi connectivity index (χ3v) is 4.03. The van der Waals surface area contributed by atoms with Gasteiger partial charge in [-0.05, 0) is 42.5 Å². The number of nitrogens with zero attached hydrogens (tertiary/aromatic N) is 2. The molecule has 136 valence electrons. The fraction of sp³-hybridized carbons (Fsp3) is 0.150. The number of carbonyl (C=O) groups is 1. The first-order valence-electron chi connectivity index (χ1n) is 8.44. The van der Waals surface area contributed by atoms with Crippen molar-refractivity contribution in [3.63, 3.8) is 0 Å². The minimum atomic E-state index is -0.311. The monoisotopic (exact) mass is 365 g/mol. The summed E-state index contributed by atoms with van der Waals surface area (Å²) in [5.41, 5.74) is 2.76. The number of hydrogen-bond acceptors (Lipinski definition) is 5. The van der Waals surface area contributed by atoms with E-state index < -0.39 is 0 Å². The maximum Gasteiger partial charge on any atom is 0.224 e. The zero-order valence-electron chi connectivity index (χ0n) is 14.5. The first-order valence-corrected chi connectivity index (χ1v) is 8.44. The van der Waals surface area contributed by atoms with Gasteiger partial charge >= 0.3 is 0 Å². The summed E-state index contributed by atoms with van der Waals surface area (Å²) in [4.78, 5) is 20.6. The molecule has 6 nitrogen and oxygen atoms in total. The fourth-order valence-corrected chi connectivity index (χ4v) is 2.74. The zero-order valence-corrected chi connectivity index (χ0v) is 14.5. The van der Waals surface area contributed by atoms with Crippen LogP contribution in [0.2, 0.25) is 0 Å². The number of hydrogen-bond donors (Lipinski definition) is 1. The van der Waals surface area contributed by atoms with E-state index in [1.807, 2.05) is 0 Å². The lowest BCUT2D eigenvalue weighted by Gasteiger charge is -2.03. The van der Waals surface area contributed by atoms with Crippen LogP contribution in [0.1, 0.15) is 18.2 Å². The molecule has 7 heteroatoms. The number of nitrogens with one attached hydrogen (secondary N) is 1.